The average molecular weight is 285 g/mol. The van der Waals surface area contributed by atoms with E-state index in [0.29, 0.717) is 11.9 Å². The van der Waals surface area contributed by atoms with E-state index in [9.17, 15) is 5.11 Å². The second-order valence-corrected chi connectivity index (χ2v) is 6.52. The van der Waals surface area contributed by atoms with Crippen molar-refractivity contribution >= 4 is 5.84 Å². The maximum absolute atomic E-state index is 9.24. The Labute approximate surface area is 122 Å². The van der Waals surface area contributed by atoms with Crippen LogP contribution in [0, 0.1) is 5.41 Å². The van der Waals surface area contributed by atoms with E-state index in [0.717, 1.165) is 25.9 Å². The number of amidine groups is 1. The van der Waals surface area contributed by atoms with Crippen LogP contribution < -0.4 is 5.73 Å². The maximum atomic E-state index is 9.24. The zero-order chi connectivity index (χ0) is 15.0. The highest BCUT2D eigenvalue weighted by Gasteiger charge is 2.25. The predicted octanol–water partition coefficient (Wildman–Crippen LogP) is 2.17. The number of aliphatic hydroxyl groups excluding tert-OH is 1. The number of nitrogens with two attached hydrogens (primary N) is 1. The topological polar surface area (TPSA) is 82.1 Å². The molecule has 0 saturated heterocycles. The van der Waals surface area contributed by atoms with E-state index >= 15 is 0 Å². The van der Waals surface area contributed by atoms with E-state index in [4.69, 9.17) is 10.9 Å². The number of aliphatic hydroxyl groups is 1. The first kappa shape index (κ1) is 17.2. The van der Waals surface area contributed by atoms with Crippen molar-refractivity contribution in [3.63, 3.8) is 0 Å². The van der Waals surface area contributed by atoms with E-state index in [1.165, 1.54) is 32.1 Å². The highest BCUT2D eigenvalue weighted by molar-refractivity contribution is 5.85. The first-order chi connectivity index (χ1) is 9.51. The Morgan fingerprint density at radius 1 is 1.25 bits per heavy atom. The number of rotatable bonds is 8. The molecule has 0 bridgehead atoms. The van der Waals surface area contributed by atoms with Gasteiger partial charge in [-0.2, -0.15) is 0 Å². The summed E-state index contributed by atoms with van der Waals surface area (Å²) in [5.41, 5.74) is 5.44. The van der Waals surface area contributed by atoms with Gasteiger partial charge in [-0.25, -0.2) is 0 Å². The van der Waals surface area contributed by atoms with Crippen LogP contribution in [0.3, 0.4) is 0 Å². The smallest absolute Gasteiger partial charge is 0.144 e. The SMILES string of the molecule is CC(C)(CCCN(CCO)C1CCCCC1)C(N)=NO. The fourth-order valence-corrected chi connectivity index (χ4v) is 3.04. The minimum Gasteiger partial charge on any atom is -0.409 e. The molecule has 1 fully saturated rings. The highest BCUT2D eigenvalue weighted by atomic mass is 16.4. The van der Waals surface area contributed by atoms with Crippen LogP contribution in [0.1, 0.15) is 58.8 Å². The molecule has 0 aromatic carbocycles. The highest BCUT2D eigenvalue weighted by Crippen LogP contribution is 2.25. The Balaban J connectivity index is 2.42. The number of nitrogens with zero attached hydrogens (tertiary/aromatic N) is 2. The third-order valence-electron chi connectivity index (χ3n) is 4.53. The lowest BCUT2D eigenvalue weighted by Crippen LogP contribution is -2.40. The normalized spacial score (nSPS) is 18.7. The van der Waals surface area contributed by atoms with Gasteiger partial charge in [0.05, 0.1) is 6.61 Å². The molecule has 0 unspecified atom stereocenters. The summed E-state index contributed by atoms with van der Waals surface area (Å²) in [5.74, 6) is 0.295. The standard InChI is InChI=1S/C15H31N3O2/c1-15(2,14(16)17-20)9-6-10-18(11-12-19)13-7-4-3-5-8-13/h13,19-20H,3-12H2,1-2H3,(H2,16,17). The predicted molar refractivity (Wildman–Crippen MR) is 82.0 cm³/mol. The van der Waals surface area contributed by atoms with Gasteiger partial charge < -0.3 is 16.0 Å². The van der Waals surface area contributed by atoms with E-state index in [1.54, 1.807) is 0 Å². The second-order valence-electron chi connectivity index (χ2n) is 6.52. The van der Waals surface area contributed by atoms with Gasteiger partial charge in [0.1, 0.15) is 5.84 Å². The minimum absolute atomic E-state index is 0.222. The summed E-state index contributed by atoms with van der Waals surface area (Å²) in [5, 5.41) is 21.2. The fourth-order valence-electron chi connectivity index (χ4n) is 3.04. The first-order valence-corrected chi connectivity index (χ1v) is 7.84. The Kier molecular flexibility index (Phi) is 7.30. The number of hydrogen-bond acceptors (Lipinski definition) is 4. The third kappa shape index (κ3) is 5.29. The molecular formula is C15H31N3O2. The molecule has 0 aromatic heterocycles. The van der Waals surface area contributed by atoms with Crippen molar-refractivity contribution in [1.29, 1.82) is 0 Å². The average Bonchev–Trinajstić information content (AvgIpc) is 2.46. The van der Waals surface area contributed by atoms with Crippen molar-refractivity contribution in [1.82, 2.24) is 4.90 Å². The molecule has 5 nitrogen and oxygen atoms in total. The van der Waals surface area contributed by atoms with E-state index in [1.807, 2.05) is 13.8 Å². The largest absolute Gasteiger partial charge is 0.409 e. The lowest BCUT2D eigenvalue weighted by atomic mass is 9.86. The van der Waals surface area contributed by atoms with Gasteiger partial charge in [0.15, 0.2) is 0 Å². The van der Waals surface area contributed by atoms with Crippen molar-refractivity contribution in [2.24, 2.45) is 16.3 Å². The molecule has 0 heterocycles. The molecule has 1 saturated carbocycles. The molecule has 0 amide bonds. The van der Waals surface area contributed by atoms with E-state index in [-0.39, 0.29) is 12.0 Å². The molecule has 1 aliphatic rings. The van der Waals surface area contributed by atoms with Gasteiger partial charge in [-0.1, -0.05) is 38.3 Å². The summed E-state index contributed by atoms with van der Waals surface area (Å²) in [7, 11) is 0. The van der Waals surface area contributed by atoms with Gasteiger partial charge in [0.2, 0.25) is 0 Å². The Hall–Kier alpha value is -0.810. The summed E-state index contributed by atoms with van der Waals surface area (Å²) in [4.78, 5) is 2.42. The quantitative estimate of drug-likeness (QED) is 0.276. The molecule has 1 aliphatic carbocycles. The van der Waals surface area contributed by atoms with Crippen LogP contribution in [0.25, 0.3) is 0 Å². The molecule has 0 radical (unpaired) electrons. The third-order valence-corrected chi connectivity index (χ3v) is 4.53. The van der Waals surface area contributed by atoms with Crippen LogP contribution in [0.2, 0.25) is 0 Å². The van der Waals surface area contributed by atoms with Crippen molar-refractivity contribution in [3.05, 3.63) is 0 Å². The zero-order valence-electron chi connectivity index (χ0n) is 13.0. The van der Waals surface area contributed by atoms with E-state index in [2.05, 4.69) is 10.1 Å². The summed E-state index contributed by atoms with van der Waals surface area (Å²) in [6.07, 6.45) is 8.36. The molecule has 1 rings (SSSR count). The molecular weight excluding hydrogens is 254 g/mol. The van der Waals surface area contributed by atoms with Gasteiger partial charge in [0, 0.05) is 18.0 Å². The van der Waals surface area contributed by atoms with Gasteiger partial charge >= 0.3 is 0 Å². The fraction of sp³-hybridized carbons (Fsp3) is 0.933. The molecule has 20 heavy (non-hydrogen) atoms. The van der Waals surface area contributed by atoms with Gasteiger partial charge in [-0.15, -0.1) is 0 Å². The lowest BCUT2D eigenvalue weighted by Gasteiger charge is -2.34. The van der Waals surface area contributed by atoms with Crippen LogP contribution in [0.5, 0.6) is 0 Å². The summed E-state index contributed by atoms with van der Waals surface area (Å²) < 4.78 is 0. The lowest BCUT2D eigenvalue weighted by molar-refractivity contribution is 0.119. The van der Waals surface area contributed by atoms with Crippen LogP contribution in [-0.2, 0) is 0 Å². The van der Waals surface area contributed by atoms with Crippen LogP contribution in [0.15, 0.2) is 5.16 Å². The molecule has 0 atom stereocenters. The van der Waals surface area contributed by atoms with Crippen LogP contribution in [-0.4, -0.2) is 46.8 Å². The Morgan fingerprint density at radius 3 is 2.45 bits per heavy atom. The van der Waals surface area contributed by atoms with Crippen molar-refractivity contribution in [2.45, 2.75) is 64.8 Å². The van der Waals surface area contributed by atoms with Gasteiger partial charge in [-0.05, 0) is 32.2 Å². The van der Waals surface area contributed by atoms with Crippen LogP contribution >= 0.6 is 0 Å². The molecule has 0 spiro atoms. The molecule has 118 valence electrons. The Morgan fingerprint density at radius 2 is 1.90 bits per heavy atom. The maximum Gasteiger partial charge on any atom is 0.144 e. The van der Waals surface area contributed by atoms with Gasteiger partial charge in [0.25, 0.3) is 0 Å². The summed E-state index contributed by atoms with van der Waals surface area (Å²) >= 11 is 0. The number of oxime groups is 1. The molecule has 0 aliphatic heterocycles. The molecule has 5 heteroatoms. The van der Waals surface area contributed by atoms with Crippen LogP contribution in [0.4, 0.5) is 0 Å². The van der Waals surface area contributed by atoms with Gasteiger partial charge in [-0.3, -0.25) is 4.90 Å². The molecule has 4 N–H and O–H groups in total. The zero-order valence-corrected chi connectivity index (χ0v) is 13.0. The summed E-state index contributed by atoms with van der Waals surface area (Å²) in [6.45, 7) is 5.96. The minimum atomic E-state index is -0.272. The summed E-state index contributed by atoms with van der Waals surface area (Å²) in [6, 6.07) is 0.628. The monoisotopic (exact) mass is 285 g/mol. The van der Waals surface area contributed by atoms with Crippen molar-refractivity contribution in [2.75, 3.05) is 19.7 Å². The second kappa shape index (κ2) is 8.47. The molecule has 0 aromatic rings. The van der Waals surface area contributed by atoms with E-state index < -0.39 is 0 Å². The Bertz CT molecular complexity index is 299. The first-order valence-electron chi connectivity index (χ1n) is 7.84. The van der Waals surface area contributed by atoms with Crippen molar-refractivity contribution in [3.8, 4) is 0 Å². The number of hydrogen-bond donors (Lipinski definition) is 3. The van der Waals surface area contributed by atoms with Crippen molar-refractivity contribution < 1.29 is 10.3 Å².